The molecular formula is C12H16N4O2. The second-order valence-electron chi connectivity index (χ2n) is 4.85. The van der Waals surface area contributed by atoms with E-state index < -0.39 is 5.41 Å². The van der Waals surface area contributed by atoms with E-state index in [2.05, 4.69) is 10.3 Å². The molecule has 0 saturated carbocycles. The number of nitrogen functional groups attached to an aromatic ring is 1. The van der Waals surface area contributed by atoms with Gasteiger partial charge in [0, 0.05) is 12.2 Å². The summed E-state index contributed by atoms with van der Waals surface area (Å²) in [4.78, 5) is 15.4. The number of hydrogen-bond donors (Lipinski definition) is 3. The van der Waals surface area contributed by atoms with Crippen LogP contribution in [-0.2, 0) is 4.79 Å². The van der Waals surface area contributed by atoms with Crippen LogP contribution in [0.5, 0.6) is 0 Å². The van der Waals surface area contributed by atoms with Gasteiger partial charge in [0.15, 0.2) is 5.58 Å². The molecule has 2 aromatic rings. The fourth-order valence-electron chi connectivity index (χ4n) is 1.40. The molecule has 18 heavy (non-hydrogen) atoms. The summed E-state index contributed by atoms with van der Waals surface area (Å²) >= 11 is 0. The van der Waals surface area contributed by atoms with E-state index in [-0.39, 0.29) is 5.91 Å². The number of primary amides is 1. The molecule has 0 aliphatic rings. The predicted octanol–water partition coefficient (Wildman–Crippen LogP) is 1.33. The molecule has 1 aromatic carbocycles. The number of anilines is 2. The van der Waals surface area contributed by atoms with E-state index >= 15 is 0 Å². The quantitative estimate of drug-likeness (QED) is 0.707. The van der Waals surface area contributed by atoms with Crippen LogP contribution in [-0.4, -0.2) is 17.4 Å². The summed E-state index contributed by atoms with van der Waals surface area (Å²) in [6.45, 7) is 3.86. The Morgan fingerprint density at radius 2 is 2.22 bits per heavy atom. The molecule has 1 heterocycles. The van der Waals surface area contributed by atoms with Crippen LogP contribution >= 0.6 is 0 Å². The van der Waals surface area contributed by atoms with Crippen molar-refractivity contribution >= 4 is 28.7 Å². The molecule has 0 spiro atoms. The number of nitrogens with two attached hydrogens (primary N) is 2. The number of oxazole rings is 1. The Morgan fingerprint density at radius 3 is 2.89 bits per heavy atom. The first-order valence-electron chi connectivity index (χ1n) is 5.58. The minimum absolute atomic E-state index is 0.352. The highest BCUT2D eigenvalue weighted by atomic mass is 16.4. The van der Waals surface area contributed by atoms with Crippen molar-refractivity contribution in [3.63, 3.8) is 0 Å². The number of nitrogens with zero attached hydrogens (tertiary/aromatic N) is 1. The molecule has 0 aliphatic carbocycles. The second-order valence-corrected chi connectivity index (χ2v) is 4.85. The van der Waals surface area contributed by atoms with Crippen LogP contribution in [0, 0.1) is 5.41 Å². The molecule has 6 heteroatoms. The molecule has 1 amide bonds. The summed E-state index contributed by atoms with van der Waals surface area (Å²) in [7, 11) is 0. The highest BCUT2D eigenvalue weighted by Crippen LogP contribution is 2.22. The van der Waals surface area contributed by atoms with E-state index in [1.165, 1.54) is 0 Å². The summed E-state index contributed by atoms with van der Waals surface area (Å²) < 4.78 is 5.47. The maximum Gasteiger partial charge on any atom is 0.295 e. The van der Waals surface area contributed by atoms with E-state index in [1.807, 2.05) is 0 Å². The number of aromatic nitrogens is 1. The maximum absolute atomic E-state index is 11.2. The van der Waals surface area contributed by atoms with Crippen LogP contribution in [0.4, 0.5) is 11.7 Å². The molecule has 0 unspecified atom stereocenters. The van der Waals surface area contributed by atoms with Crippen molar-refractivity contribution in [3.8, 4) is 0 Å². The number of carbonyl (C=O) groups is 1. The number of nitrogens with one attached hydrogen (secondary N) is 1. The number of hydrogen-bond acceptors (Lipinski definition) is 5. The van der Waals surface area contributed by atoms with Gasteiger partial charge in [-0.25, -0.2) is 0 Å². The molecule has 2 rings (SSSR count). The van der Waals surface area contributed by atoms with E-state index in [1.54, 1.807) is 32.0 Å². The molecule has 5 N–H and O–H groups in total. The first kappa shape index (κ1) is 12.2. The van der Waals surface area contributed by atoms with Crippen LogP contribution < -0.4 is 16.8 Å². The van der Waals surface area contributed by atoms with Crippen molar-refractivity contribution in [2.75, 3.05) is 17.6 Å². The number of benzene rings is 1. The molecule has 1 aromatic heterocycles. The third-order valence-electron chi connectivity index (χ3n) is 2.76. The van der Waals surface area contributed by atoms with Crippen molar-refractivity contribution in [2.24, 2.45) is 11.1 Å². The zero-order valence-corrected chi connectivity index (χ0v) is 10.4. The normalized spacial score (nSPS) is 11.7. The van der Waals surface area contributed by atoms with Crippen molar-refractivity contribution in [2.45, 2.75) is 13.8 Å². The Morgan fingerprint density at radius 1 is 1.50 bits per heavy atom. The van der Waals surface area contributed by atoms with E-state index in [9.17, 15) is 4.79 Å². The Kier molecular flexibility index (Phi) is 2.86. The Bertz CT molecular complexity index is 589. The zero-order chi connectivity index (χ0) is 13.3. The summed E-state index contributed by atoms with van der Waals surface area (Å²) in [6, 6.07) is 5.57. The average Bonchev–Trinajstić information content (AvgIpc) is 2.68. The lowest BCUT2D eigenvalue weighted by Crippen LogP contribution is -2.37. The largest absolute Gasteiger partial charge is 0.424 e. The van der Waals surface area contributed by atoms with Gasteiger partial charge in [-0.3, -0.25) is 4.79 Å². The predicted molar refractivity (Wildman–Crippen MR) is 69.9 cm³/mol. The highest BCUT2D eigenvalue weighted by Gasteiger charge is 2.25. The van der Waals surface area contributed by atoms with Gasteiger partial charge >= 0.3 is 0 Å². The van der Waals surface area contributed by atoms with Crippen LogP contribution in [0.1, 0.15) is 13.8 Å². The van der Waals surface area contributed by atoms with Crippen LogP contribution in [0.15, 0.2) is 22.6 Å². The topological polar surface area (TPSA) is 107 Å². The van der Waals surface area contributed by atoms with Crippen LogP contribution in [0.3, 0.4) is 0 Å². The van der Waals surface area contributed by atoms with Gasteiger partial charge in [0.2, 0.25) is 5.91 Å². The van der Waals surface area contributed by atoms with E-state index in [4.69, 9.17) is 15.9 Å². The Hall–Kier alpha value is -2.24. The van der Waals surface area contributed by atoms with E-state index in [0.717, 1.165) is 0 Å². The molecular weight excluding hydrogens is 232 g/mol. The number of carbonyl (C=O) groups excluding carboxylic acids is 1. The maximum atomic E-state index is 11.2. The summed E-state index contributed by atoms with van der Waals surface area (Å²) in [6.07, 6.45) is 0. The third-order valence-corrected chi connectivity index (χ3v) is 2.76. The van der Waals surface area contributed by atoms with Gasteiger partial charge in [-0.1, -0.05) is 0 Å². The minimum Gasteiger partial charge on any atom is -0.424 e. The zero-order valence-electron chi connectivity index (χ0n) is 10.4. The fourth-order valence-corrected chi connectivity index (χ4v) is 1.40. The van der Waals surface area contributed by atoms with E-state index in [0.29, 0.717) is 29.3 Å². The summed E-state index contributed by atoms with van der Waals surface area (Å²) in [5.74, 6) is -0.379. The van der Waals surface area contributed by atoms with Gasteiger partial charge in [0.1, 0.15) is 5.52 Å². The van der Waals surface area contributed by atoms with Gasteiger partial charge < -0.3 is 21.2 Å². The number of amides is 1. The lowest BCUT2D eigenvalue weighted by Gasteiger charge is -2.19. The fraction of sp³-hybridized carbons (Fsp3) is 0.333. The number of rotatable bonds is 4. The summed E-state index contributed by atoms with van der Waals surface area (Å²) in [5, 5.41) is 2.96. The lowest BCUT2D eigenvalue weighted by atomic mass is 9.93. The standard InChI is InChI=1S/C12H16N4O2/c1-12(2,10(14)17)6-15-11-16-8-5-7(13)3-4-9(8)18-11/h3-5H,6,13H2,1-2H3,(H2,14,17)(H,15,16). The smallest absolute Gasteiger partial charge is 0.295 e. The Balaban J connectivity index is 2.15. The van der Waals surface area contributed by atoms with Crippen LogP contribution in [0.2, 0.25) is 0 Å². The first-order chi connectivity index (χ1) is 8.38. The van der Waals surface area contributed by atoms with Crippen molar-refractivity contribution in [1.82, 2.24) is 4.98 Å². The molecule has 0 saturated heterocycles. The van der Waals surface area contributed by atoms with Crippen molar-refractivity contribution < 1.29 is 9.21 Å². The van der Waals surface area contributed by atoms with Crippen LogP contribution in [0.25, 0.3) is 11.1 Å². The molecule has 0 fully saturated rings. The third kappa shape index (κ3) is 2.37. The lowest BCUT2D eigenvalue weighted by molar-refractivity contribution is -0.125. The molecule has 96 valence electrons. The van der Waals surface area contributed by atoms with Gasteiger partial charge in [-0.05, 0) is 32.0 Å². The van der Waals surface area contributed by atoms with Crippen molar-refractivity contribution in [3.05, 3.63) is 18.2 Å². The average molecular weight is 248 g/mol. The minimum atomic E-state index is -0.667. The molecule has 0 aliphatic heterocycles. The SMILES string of the molecule is CC(C)(CNc1nc2cc(N)ccc2o1)C(N)=O. The van der Waals surface area contributed by atoms with Gasteiger partial charge in [-0.15, -0.1) is 0 Å². The van der Waals surface area contributed by atoms with Gasteiger partial charge in [0.25, 0.3) is 6.01 Å². The first-order valence-corrected chi connectivity index (χ1v) is 5.58. The van der Waals surface area contributed by atoms with Crippen molar-refractivity contribution in [1.29, 1.82) is 0 Å². The van der Waals surface area contributed by atoms with Gasteiger partial charge in [0.05, 0.1) is 5.41 Å². The monoisotopic (exact) mass is 248 g/mol. The molecule has 0 bridgehead atoms. The second kappa shape index (κ2) is 4.21. The highest BCUT2D eigenvalue weighted by molar-refractivity contribution is 5.81. The van der Waals surface area contributed by atoms with Gasteiger partial charge in [-0.2, -0.15) is 4.98 Å². The molecule has 6 nitrogen and oxygen atoms in total. The number of fused-ring (bicyclic) bond motifs is 1. The molecule has 0 radical (unpaired) electrons. The Labute approximate surface area is 104 Å². The summed E-state index contributed by atoms with van der Waals surface area (Å²) in [5.41, 5.74) is 12.2. The molecule has 0 atom stereocenters.